The van der Waals surface area contributed by atoms with Crippen molar-refractivity contribution >= 4 is 45.0 Å². The Kier molecular flexibility index (Phi) is 5.86. The van der Waals surface area contributed by atoms with Gasteiger partial charge in [0.05, 0.1) is 5.56 Å². The fourth-order valence-corrected chi connectivity index (χ4v) is 3.37. The van der Waals surface area contributed by atoms with E-state index in [9.17, 15) is 21.6 Å². The zero-order valence-electron chi connectivity index (χ0n) is 12.7. The van der Waals surface area contributed by atoms with Crippen LogP contribution >= 0.6 is 23.2 Å². The third-order valence-corrected chi connectivity index (χ3v) is 5.07. The highest BCUT2D eigenvalue weighted by atomic mass is 35.5. The molecule has 0 aliphatic carbocycles. The third kappa shape index (κ3) is 4.69. The first-order valence-electron chi connectivity index (χ1n) is 6.80. The van der Waals surface area contributed by atoms with Crippen LogP contribution in [0.1, 0.15) is 11.1 Å². The van der Waals surface area contributed by atoms with Gasteiger partial charge in [-0.1, -0.05) is 35.3 Å². The summed E-state index contributed by atoms with van der Waals surface area (Å²) in [5, 5.41) is 9.38. The first-order chi connectivity index (χ1) is 12.0. The molecule has 10 heteroatoms. The summed E-state index contributed by atoms with van der Waals surface area (Å²) in [6.07, 6.45) is -3.69. The topological polar surface area (TPSA) is 70.0 Å². The molecule has 136 valence electrons. The number of hydrogen-bond acceptors (Lipinski definition) is 3. The molecule has 0 amide bonds. The number of halogens is 5. The summed E-state index contributed by atoms with van der Waals surface area (Å²) in [6.45, 7) is 0. The molecule has 0 unspecified atom stereocenters. The molecule has 0 saturated carbocycles. The predicted molar refractivity (Wildman–Crippen MR) is 94.0 cm³/mol. The number of anilines is 1. The fourth-order valence-electron chi connectivity index (χ4n) is 1.92. The largest absolute Gasteiger partial charge is 0.416 e. The number of hydrogen-bond donors (Lipinski definition) is 1. The van der Waals surface area contributed by atoms with Gasteiger partial charge in [0.2, 0.25) is 0 Å². The number of sulfonamides is 1. The number of alkyl halides is 3. The van der Waals surface area contributed by atoms with E-state index in [1.807, 2.05) is 4.72 Å². The highest BCUT2D eigenvalue weighted by Gasteiger charge is 2.31. The van der Waals surface area contributed by atoms with Gasteiger partial charge in [-0.25, -0.2) is 8.42 Å². The maximum atomic E-state index is 12.7. The highest BCUT2D eigenvalue weighted by Crippen LogP contribution is 2.32. The van der Waals surface area contributed by atoms with Crippen molar-refractivity contribution in [3.05, 3.63) is 68.5 Å². The van der Waals surface area contributed by atoms with Crippen molar-refractivity contribution in [3.63, 3.8) is 0 Å². The molecule has 2 aromatic carbocycles. The first kappa shape index (κ1) is 20.1. The van der Waals surface area contributed by atoms with E-state index in [4.69, 9.17) is 28.5 Å². The Morgan fingerprint density at radius 2 is 1.69 bits per heavy atom. The number of rotatable bonds is 4. The smallest absolute Gasteiger partial charge is 0.279 e. The van der Waals surface area contributed by atoms with Crippen LogP contribution in [-0.4, -0.2) is 8.42 Å². The molecule has 0 spiro atoms. The molecule has 2 rings (SSSR count). The second kappa shape index (κ2) is 7.58. The van der Waals surface area contributed by atoms with Crippen molar-refractivity contribution in [1.29, 1.82) is 5.26 Å². The van der Waals surface area contributed by atoms with Crippen LogP contribution in [0.15, 0.2) is 47.4 Å². The normalized spacial score (nSPS) is 12.5. The zero-order valence-corrected chi connectivity index (χ0v) is 15.0. The van der Waals surface area contributed by atoms with Crippen LogP contribution in [0.5, 0.6) is 0 Å². The van der Waals surface area contributed by atoms with E-state index in [-0.39, 0.29) is 21.3 Å². The molecule has 1 N–H and O–H groups in total. The number of nitrogens with one attached hydrogen (secondary N) is 1. The average Bonchev–Trinajstić information content (AvgIpc) is 2.53. The standard InChI is InChI=1S/C16H9Cl2F3N2O2S/c17-14-5-2-6-15(18)13(14)8-12(9-22)26(24,25)23-11-4-1-3-10(7-11)16(19,20)21/h1-8,23H/b12-8+. The van der Waals surface area contributed by atoms with Crippen LogP contribution < -0.4 is 4.72 Å². The quantitative estimate of drug-likeness (QED) is 0.680. The molecule has 0 aliphatic heterocycles. The molecule has 0 aromatic heterocycles. The second-order valence-corrected chi connectivity index (χ2v) is 7.41. The zero-order chi connectivity index (χ0) is 19.5. The van der Waals surface area contributed by atoms with E-state index in [1.165, 1.54) is 24.3 Å². The van der Waals surface area contributed by atoms with Crippen LogP contribution in [-0.2, 0) is 16.2 Å². The Morgan fingerprint density at radius 1 is 1.12 bits per heavy atom. The molecule has 26 heavy (non-hydrogen) atoms. The number of benzene rings is 2. The van der Waals surface area contributed by atoms with E-state index >= 15 is 0 Å². The molecule has 0 atom stereocenters. The van der Waals surface area contributed by atoms with Crippen LogP contribution in [0.3, 0.4) is 0 Å². The summed E-state index contributed by atoms with van der Waals surface area (Å²) in [5.74, 6) is 0. The Hall–Kier alpha value is -2.21. The molecule has 0 radical (unpaired) electrons. The molecule has 0 fully saturated rings. The predicted octanol–water partition coefficient (Wildman–Crippen LogP) is 5.32. The summed E-state index contributed by atoms with van der Waals surface area (Å²) < 4.78 is 64.8. The van der Waals surface area contributed by atoms with Crippen LogP contribution in [0.2, 0.25) is 10.0 Å². The molecular formula is C16H9Cl2F3N2O2S. The maximum absolute atomic E-state index is 12.7. The number of nitrogens with zero attached hydrogens (tertiary/aromatic N) is 1. The van der Waals surface area contributed by atoms with E-state index in [0.29, 0.717) is 6.07 Å². The van der Waals surface area contributed by atoms with Gasteiger partial charge in [-0.2, -0.15) is 18.4 Å². The Bertz CT molecular complexity index is 993. The second-order valence-electron chi connectivity index (χ2n) is 4.94. The number of allylic oxidation sites excluding steroid dienone is 1. The lowest BCUT2D eigenvalue weighted by Crippen LogP contribution is -2.15. The molecular weight excluding hydrogens is 412 g/mol. The Labute approximate surface area is 157 Å². The maximum Gasteiger partial charge on any atom is 0.416 e. The molecule has 0 aliphatic rings. The van der Waals surface area contributed by atoms with Crippen LogP contribution in [0.25, 0.3) is 6.08 Å². The number of nitriles is 1. The summed E-state index contributed by atoms with van der Waals surface area (Å²) in [5.41, 5.74) is -1.28. The minimum Gasteiger partial charge on any atom is -0.279 e. The molecule has 0 saturated heterocycles. The Morgan fingerprint density at radius 3 is 2.23 bits per heavy atom. The van der Waals surface area contributed by atoms with Crippen molar-refractivity contribution in [2.24, 2.45) is 0 Å². The minimum atomic E-state index is -4.64. The van der Waals surface area contributed by atoms with E-state index in [1.54, 1.807) is 0 Å². The van der Waals surface area contributed by atoms with Crippen molar-refractivity contribution in [2.75, 3.05) is 4.72 Å². The lowest BCUT2D eigenvalue weighted by Gasteiger charge is -2.11. The van der Waals surface area contributed by atoms with Gasteiger partial charge in [0.15, 0.2) is 4.91 Å². The lowest BCUT2D eigenvalue weighted by molar-refractivity contribution is -0.137. The first-order valence-corrected chi connectivity index (χ1v) is 9.04. The molecule has 4 nitrogen and oxygen atoms in total. The average molecular weight is 421 g/mol. The highest BCUT2D eigenvalue weighted by molar-refractivity contribution is 7.96. The van der Waals surface area contributed by atoms with E-state index in [2.05, 4.69) is 0 Å². The fraction of sp³-hybridized carbons (Fsp3) is 0.0625. The van der Waals surface area contributed by atoms with Gasteiger partial charge in [0.25, 0.3) is 10.0 Å². The van der Waals surface area contributed by atoms with Gasteiger partial charge in [-0.15, -0.1) is 0 Å². The van der Waals surface area contributed by atoms with Crippen molar-refractivity contribution in [1.82, 2.24) is 0 Å². The monoisotopic (exact) mass is 420 g/mol. The molecule has 0 heterocycles. The molecule has 0 bridgehead atoms. The van der Waals surface area contributed by atoms with Crippen LogP contribution in [0.4, 0.5) is 18.9 Å². The third-order valence-electron chi connectivity index (χ3n) is 3.12. The van der Waals surface area contributed by atoms with Gasteiger partial charge in [-0.05, 0) is 36.4 Å². The minimum absolute atomic E-state index is 0.0989. The SMILES string of the molecule is N#C/C(=C\c1c(Cl)cccc1Cl)S(=O)(=O)Nc1cccc(C(F)(F)F)c1. The summed E-state index contributed by atoms with van der Waals surface area (Å²) in [4.78, 5) is -0.759. The summed E-state index contributed by atoms with van der Waals surface area (Å²) in [6, 6.07) is 9.49. The van der Waals surface area contributed by atoms with E-state index < -0.39 is 26.7 Å². The van der Waals surface area contributed by atoms with Gasteiger partial charge in [0, 0.05) is 21.3 Å². The van der Waals surface area contributed by atoms with Crippen molar-refractivity contribution in [2.45, 2.75) is 6.18 Å². The van der Waals surface area contributed by atoms with Crippen molar-refractivity contribution < 1.29 is 21.6 Å². The Balaban J connectivity index is 2.43. The van der Waals surface area contributed by atoms with Gasteiger partial charge < -0.3 is 0 Å². The summed E-state index contributed by atoms with van der Waals surface area (Å²) >= 11 is 11.9. The molecule has 2 aromatic rings. The van der Waals surface area contributed by atoms with Crippen molar-refractivity contribution in [3.8, 4) is 6.07 Å². The van der Waals surface area contributed by atoms with Gasteiger partial charge >= 0.3 is 6.18 Å². The summed E-state index contributed by atoms with van der Waals surface area (Å²) in [7, 11) is -4.45. The van der Waals surface area contributed by atoms with Gasteiger partial charge in [-0.3, -0.25) is 4.72 Å². The lowest BCUT2D eigenvalue weighted by atomic mass is 10.2. The van der Waals surface area contributed by atoms with E-state index in [0.717, 1.165) is 24.3 Å². The van der Waals surface area contributed by atoms with Gasteiger partial charge in [0.1, 0.15) is 6.07 Å². The van der Waals surface area contributed by atoms with Crippen LogP contribution in [0, 0.1) is 11.3 Å².